The van der Waals surface area contributed by atoms with Crippen LogP contribution in [0.3, 0.4) is 0 Å². The number of carbonyl (C=O) groups is 4. The second-order valence-corrected chi connectivity index (χ2v) is 10.3. The van der Waals surface area contributed by atoms with Gasteiger partial charge < -0.3 is 18.9 Å². The van der Waals surface area contributed by atoms with E-state index in [0.29, 0.717) is 0 Å². The van der Waals surface area contributed by atoms with Gasteiger partial charge >= 0.3 is 59.9 Å². The number of rotatable bonds is 10. The predicted molar refractivity (Wildman–Crippen MR) is 113 cm³/mol. The summed E-state index contributed by atoms with van der Waals surface area (Å²) in [7, 11) is 0. The number of halogens is 14. The number of hydrogen-bond donors (Lipinski definition) is 0. The fraction of sp³-hybridized carbons (Fsp3) is 0.739. The topological polar surface area (TPSA) is 105 Å². The van der Waals surface area contributed by atoms with E-state index in [4.69, 9.17) is 4.74 Å². The van der Waals surface area contributed by atoms with Crippen LogP contribution in [-0.4, -0.2) is 84.3 Å². The van der Waals surface area contributed by atoms with E-state index in [1.165, 1.54) is 0 Å². The zero-order valence-corrected chi connectivity index (χ0v) is 22.2. The molecule has 0 aliphatic heterocycles. The zero-order chi connectivity index (χ0) is 35.2. The maximum Gasteiger partial charge on any atom is 0.460 e. The van der Waals surface area contributed by atoms with Gasteiger partial charge in [-0.1, -0.05) is 6.58 Å². The number of esters is 4. The van der Waals surface area contributed by atoms with Crippen LogP contribution in [0, 0.1) is 5.92 Å². The first-order valence-electron chi connectivity index (χ1n) is 12.1. The number of alkyl halides is 14. The molecule has 0 amide bonds. The molecule has 2 fully saturated rings. The van der Waals surface area contributed by atoms with Crippen LogP contribution >= 0.6 is 0 Å². The maximum atomic E-state index is 13.8. The van der Waals surface area contributed by atoms with E-state index >= 15 is 0 Å². The molecule has 0 aromatic rings. The fourth-order valence-electron chi connectivity index (χ4n) is 4.67. The van der Waals surface area contributed by atoms with Crippen molar-refractivity contribution in [3.63, 3.8) is 0 Å². The smallest absolute Gasteiger partial charge is 0.458 e. The van der Waals surface area contributed by atoms with E-state index in [0.717, 1.165) is 6.92 Å². The number of fused-ring (bicyclic) bond motifs is 2. The number of hydrogen-bond acceptors (Lipinski definition) is 8. The molecule has 258 valence electrons. The van der Waals surface area contributed by atoms with E-state index in [1.807, 2.05) is 0 Å². The Morgan fingerprint density at radius 3 is 1.40 bits per heavy atom. The molecule has 0 heterocycles. The monoisotopic (exact) mass is 690 g/mol. The molecule has 0 spiro atoms. The Balaban J connectivity index is 2.35. The normalized spacial score (nSPS) is 24.7. The van der Waals surface area contributed by atoms with Gasteiger partial charge in [0.2, 0.25) is 0 Å². The van der Waals surface area contributed by atoms with Gasteiger partial charge in [0.1, 0.15) is 17.8 Å². The average Bonchev–Trinajstić information content (AvgIpc) is 2.84. The van der Waals surface area contributed by atoms with Crippen LogP contribution in [-0.2, 0) is 38.1 Å². The van der Waals surface area contributed by atoms with E-state index in [-0.39, 0.29) is 5.57 Å². The summed E-state index contributed by atoms with van der Waals surface area (Å²) in [6.07, 6.45) is -22.3. The van der Waals surface area contributed by atoms with Crippen molar-refractivity contribution in [2.75, 3.05) is 6.61 Å². The van der Waals surface area contributed by atoms with E-state index in [9.17, 15) is 80.6 Å². The summed E-state index contributed by atoms with van der Waals surface area (Å²) < 4.78 is 201. The third-order valence-corrected chi connectivity index (χ3v) is 6.61. The SMILES string of the molecule is C=C(C)C(=O)OCC(=O)OC12CC(CC(OC(=O)C(F)(F)C(F)(F)C(F)(F)F)C1)CC(OC(=O)C(F)(F)C(F)(F)C(F)(F)F)C2. The molecule has 2 bridgehead atoms. The Kier molecular flexibility index (Phi) is 10.2. The molecule has 2 rings (SSSR count). The van der Waals surface area contributed by atoms with Crippen molar-refractivity contribution in [3.8, 4) is 0 Å². The van der Waals surface area contributed by atoms with Gasteiger partial charge in [0.15, 0.2) is 6.61 Å². The lowest BCUT2D eigenvalue weighted by molar-refractivity contribution is -0.350. The molecule has 2 aliphatic rings. The summed E-state index contributed by atoms with van der Waals surface area (Å²) in [6, 6.07) is 0. The minimum absolute atomic E-state index is 0.247. The van der Waals surface area contributed by atoms with Gasteiger partial charge in [-0.2, -0.15) is 61.5 Å². The minimum Gasteiger partial charge on any atom is -0.458 e. The van der Waals surface area contributed by atoms with Crippen LogP contribution in [0.4, 0.5) is 61.5 Å². The van der Waals surface area contributed by atoms with Gasteiger partial charge in [0, 0.05) is 18.4 Å². The van der Waals surface area contributed by atoms with Crippen molar-refractivity contribution < 1.29 is 99.6 Å². The number of ether oxygens (including phenoxy) is 4. The van der Waals surface area contributed by atoms with Gasteiger partial charge in [-0.25, -0.2) is 19.2 Å². The Morgan fingerprint density at radius 1 is 0.689 bits per heavy atom. The highest BCUT2D eigenvalue weighted by Gasteiger charge is 2.78. The van der Waals surface area contributed by atoms with Gasteiger partial charge in [0.25, 0.3) is 0 Å². The van der Waals surface area contributed by atoms with Crippen molar-refractivity contribution >= 4 is 23.9 Å². The molecular formula is C23H20F14O8. The Labute approximate surface area is 241 Å². The molecule has 2 aliphatic carbocycles. The lowest BCUT2D eigenvalue weighted by Crippen LogP contribution is -2.59. The van der Waals surface area contributed by atoms with Crippen LogP contribution in [0.15, 0.2) is 12.2 Å². The second kappa shape index (κ2) is 12.1. The first-order valence-corrected chi connectivity index (χ1v) is 12.1. The zero-order valence-electron chi connectivity index (χ0n) is 22.2. The number of carbonyl (C=O) groups excluding carboxylic acids is 4. The Hall–Kier alpha value is -3.36. The van der Waals surface area contributed by atoms with Gasteiger partial charge in [-0.3, -0.25) is 0 Å². The first-order chi connectivity index (χ1) is 20.0. The summed E-state index contributed by atoms with van der Waals surface area (Å²) in [5.74, 6) is -37.6. The summed E-state index contributed by atoms with van der Waals surface area (Å²) >= 11 is 0. The quantitative estimate of drug-likeness (QED) is 0.129. The highest BCUT2D eigenvalue weighted by Crippen LogP contribution is 2.51. The molecule has 2 saturated carbocycles. The third-order valence-electron chi connectivity index (χ3n) is 6.61. The Bertz CT molecular complexity index is 1130. The first kappa shape index (κ1) is 37.8. The molecule has 0 aromatic heterocycles. The molecular weight excluding hydrogens is 670 g/mol. The van der Waals surface area contributed by atoms with E-state index in [1.54, 1.807) is 0 Å². The molecule has 2 atom stereocenters. The van der Waals surface area contributed by atoms with Crippen molar-refractivity contribution in [2.45, 2.75) is 92.9 Å². The van der Waals surface area contributed by atoms with Gasteiger partial charge in [0.05, 0.1) is 0 Å². The molecule has 0 N–H and O–H groups in total. The second-order valence-electron chi connectivity index (χ2n) is 10.3. The van der Waals surface area contributed by atoms with Crippen LogP contribution < -0.4 is 0 Å². The lowest BCUT2D eigenvalue weighted by Gasteiger charge is -2.49. The summed E-state index contributed by atoms with van der Waals surface area (Å²) in [5.41, 5.74) is -2.60. The maximum absolute atomic E-state index is 13.8. The average molecular weight is 690 g/mol. The van der Waals surface area contributed by atoms with Crippen molar-refractivity contribution in [1.82, 2.24) is 0 Å². The van der Waals surface area contributed by atoms with Crippen molar-refractivity contribution in [2.24, 2.45) is 5.92 Å². The van der Waals surface area contributed by atoms with Crippen LogP contribution in [0.1, 0.15) is 39.0 Å². The van der Waals surface area contributed by atoms with Crippen LogP contribution in [0.5, 0.6) is 0 Å². The standard InChI is InChI=1S/C23H20F14O8/c1-9(2)14(39)42-8-13(38)45-17-5-10(3-11(6-17)43-15(40)18(24,25)20(28,29)22(32,33)34)4-12(7-17)44-16(41)19(26,27)21(30,31)23(35,36)37/h10-12H,1,3-8H2,2H3. The summed E-state index contributed by atoms with van der Waals surface area (Å²) in [5, 5.41) is 0. The molecule has 0 radical (unpaired) electrons. The Morgan fingerprint density at radius 2 is 1.07 bits per heavy atom. The highest BCUT2D eigenvalue weighted by molar-refractivity contribution is 5.88. The molecule has 8 nitrogen and oxygen atoms in total. The van der Waals surface area contributed by atoms with Crippen molar-refractivity contribution in [1.29, 1.82) is 0 Å². The van der Waals surface area contributed by atoms with Gasteiger partial charge in [-0.05, 0) is 32.1 Å². The van der Waals surface area contributed by atoms with Crippen LogP contribution in [0.2, 0.25) is 0 Å². The molecule has 0 saturated heterocycles. The fourth-order valence-corrected chi connectivity index (χ4v) is 4.67. The largest absolute Gasteiger partial charge is 0.460 e. The van der Waals surface area contributed by atoms with Crippen LogP contribution in [0.25, 0.3) is 0 Å². The molecule has 0 aromatic carbocycles. The predicted octanol–water partition coefficient (Wildman–Crippen LogP) is 5.47. The van der Waals surface area contributed by atoms with E-state index in [2.05, 4.69) is 20.8 Å². The summed E-state index contributed by atoms with van der Waals surface area (Å²) in [4.78, 5) is 47.4. The molecule has 45 heavy (non-hydrogen) atoms. The minimum atomic E-state index is -6.93. The van der Waals surface area contributed by atoms with E-state index < -0.39 is 122 Å². The summed E-state index contributed by atoms with van der Waals surface area (Å²) in [6.45, 7) is 3.06. The highest BCUT2D eigenvalue weighted by atomic mass is 19.4. The molecule has 22 heteroatoms. The third kappa shape index (κ3) is 7.55. The lowest BCUT2D eigenvalue weighted by atomic mass is 9.67. The van der Waals surface area contributed by atoms with Gasteiger partial charge in [-0.15, -0.1) is 0 Å². The molecule has 2 unspecified atom stereocenters. The van der Waals surface area contributed by atoms with Crippen molar-refractivity contribution in [3.05, 3.63) is 12.2 Å².